The average Bonchev–Trinajstić information content (AvgIpc) is 2.31. The van der Waals surface area contributed by atoms with Crippen molar-refractivity contribution in [2.75, 3.05) is 13.2 Å². The predicted molar refractivity (Wildman–Crippen MR) is 58.4 cm³/mol. The summed E-state index contributed by atoms with van der Waals surface area (Å²) in [6.07, 6.45) is 3.23. The van der Waals surface area contributed by atoms with E-state index in [0.29, 0.717) is 0 Å². The number of fused-ring (bicyclic) bond motifs is 1. The Morgan fingerprint density at radius 1 is 1.40 bits per heavy atom. The lowest BCUT2D eigenvalue weighted by Crippen LogP contribution is -2.38. The first-order valence-electron chi connectivity index (χ1n) is 5.09. The Bertz CT molecular complexity index is 383. The van der Waals surface area contributed by atoms with Gasteiger partial charge in [-0.1, -0.05) is 12.6 Å². The van der Waals surface area contributed by atoms with Crippen LogP contribution < -0.4 is 0 Å². The summed E-state index contributed by atoms with van der Waals surface area (Å²) in [5, 5.41) is 18.9. The molecule has 0 radical (unpaired) electrons. The van der Waals surface area contributed by atoms with Gasteiger partial charge in [0.2, 0.25) is 0 Å². The molecule has 1 aliphatic rings. The zero-order valence-electron chi connectivity index (χ0n) is 8.61. The van der Waals surface area contributed by atoms with Crippen LogP contribution in [0.4, 0.5) is 0 Å². The van der Waals surface area contributed by atoms with Crippen molar-refractivity contribution in [2.45, 2.75) is 18.3 Å². The van der Waals surface area contributed by atoms with E-state index in [0.717, 1.165) is 29.7 Å². The minimum atomic E-state index is -0.537. The maximum absolute atomic E-state index is 9.46. The molecule has 0 spiro atoms. The maximum atomic E-state index is 9.46. The summed E-state index contributed by atoms with van der Waals surface area (Å²) in [6, 6.07) is 3.75. The van der Waals surface area contributed by atoms with Crippen molar-refractivity contribution in [3.63, 3.8) is 0 Å². The highest BCUT2D eigenvalue weighted by Gasteiger charge is 2.37. The highest BCUT2D eigenvalue weighted by molar-refractivity contribution is 5.66. The van der Waals surface area contributed by atoms with Crippen LogP contribution in [-0.2, 0) is 5.41 Å². The number of aromatic nitrogens is 1. The molecule has 1 heterocycles. The van der Waals surface area contributed by atoms with E-state index in [2.05, 4.69) is 11.6 Å². The molecule has 0 unspecified atom stereocenters. The maximum Gasteiger partial charge on any atom is 0.0695 e. The van der Waals surface area contributed by atoms with Crippen LogP contribution in [-0.4, -0.2) is 28.4 Å². The fourth-order valence-corrected chi connectivity index (χ4v) is 2.14. The molecule has 80 valence electrons. The SMILES string of the molecule is C=C1CCC(CO)(CO)c2cccnc21. The third-order valence-corrected chi connectivity index (χ3v) is 3.22. The van der Waals surface area contributed by atoms with Crippen LogP contribution in [0.2, 0.25) is 0 Å². The standard InChI is InChI=1S/C12H15NO2/c1-9-4-5-12(7-14,8-15)10-3-2-6-13-11(9)10/h2-3,6,14-15H,1,4-5,7-8H2. The second-order valence-corrected chi connectivity index (χ2v) is 4.10. The van der Waals surface area contributed by atoms with Gasteiger partial charge in [-0.3, -0.25) is 4.98 Å². The molecule has 0 fully saturated rings. The van der Waals surface area contributed by atoms with Crippen LogP contribution in [0.15, 0.2) is 24.9 Å². The topological polar surface area (TPSA) is 53.4 Å². The van der Waals surface area contributed by atoms with E-state index in [9.17, 15) is 10.2 Å². The monoisotopic (exact) mass is 205 g/mol. The first-order chi connectivity index (χ1) is 7.23. The van der Waals surface area contributed by atoms with E-state index in [1.807, 2.05) is 12.1 Å². The minimum absolute atomic E-state index is 0.0462. The van der Waals surface area contributed by atoms with Crippen molar-refractivity contribution in [3.8, 4) is 0 Å². The molecule has 3 nitrogen and oxygen atoms in total. The van der Waals surface area contributed by atoms with Crippen LogP contribution >= 0.6 is 0 Å². The van der Waals surface area contributed by atoms with Gasteiger partial charge in [0, 0.05) is 11.6 Å². The zero-order valence-corrected chi connectivity index (χ0v) is 8.61. The molecule has 15 heavy (non-hydrogen) atoms. The lowest BCUT2D eigenvalue weighted by molar-refractivity contribution is 0.108. The van der Waals surface area contributed by atoms with Crippen LogP contribution in [0.3, 0.4) is 0 Å². The molecule has 1 aromatic rings. The highest BCUT2D eigenvalue weighted by atomic mass is 16.3. The van der Waals surface area contributed by atoms with Crippen molar-refractivity contribution in [2.24, 2.45) is 0 Å². The lowest BCUT2D eigenvalue weighted by atomic mass is 9.71. The highest BCUT2D eigenvalue weighted by Crippen LogP contribution is 2.40. The van der Waals surface area contributed by atoms with E-state index < -0.39 is 5.41 Å². The van der Waals surface area contributed by atoms with Crippen molar-refractivity contribution in [3.05, 3.63) is 36.2 Å². The fraction of sp³-hybridized carbons (Fsp3) is 0.417. The van der Waals surface area contributed by atoms with Crippen molar-refractivity contribution >= 4 is 5.57 Å². The summed E-state index contributed by atoms with van der Waals surface area (Å²) >= 11 is 0. The molecular weight excluding hydrogens is 190 g/mol. The van der Waals surface area contributed by atoms with E-state index in [-0.39, 0.29) is 13.2 Å². The van der Waals surface area contributed by atoms with Gasteiger partial charge in [-0.25, -0.2) is 0 Å². The Labute approximate surface area is 89.1 Å². The summed E-state index contributed by atoms with van der Waals surface area (Å²) in [5.74, 6) is 0. The molecule has 2 N–H and O–H groups in total. The second-order valence-electron chi connectivity index (χ2n) is 4.10. The third kappa shape index (κ3) is 1.48. The van der Waals surface area contributed by atoms with Gasteiger partial charge in [-0.2, -0.15) is 0 Å². The largest absolute Gasteiger partial charge is 0.395 e. The first kappa shape index (κ1) is 10.3. The second kappa shape index (κ2) is 3.76. The lowest BCUT2D eigenvalue weighted by Gasteiger charge is -2.36. The average molecular weight is 205 g/mol. The molecule has 0 atom stereocenters. The van der Waals surface area contributed by atoms with Gasteiger partial charge < -0.3 is 10.2 Å². The number of aliphatic hydroxyl groups is 2. The molecule has 1 aromatic heterocycles. The zero-order chi connectivity index (χ0) is 10.9. The van der Waals surface area contributed by atoms with E-state index in [4.69, 9.17) is 0 Å². The van der Waals surface area contributed by atoms with Crippen LogP contribution in [0.1, 0.15) is 24.1 Å². The van der Waals surface area contributed by atoms with Gasteiger partial charge in [0.05, 0.1) is 18.9 Å². The van der Waals surface area contributed by atoms with Crippen LogP contribution in [0.5, 0.6) is 0 Å². The summed E-state index contributed by atoms with van der Waals surface area (Å²) in [7, 11) is 0. The van der Waals surface area contributed by atoms with Crippen molar-refractivity contribution < 1.29 is 10.2 Å². The van der Waals surface area contributed by atoms with Gasteiger partial charge in [0.25, 0.3) is 0 Å². The molecule has 0 aromatic carbocycles. The quantitative estimate of drug-likeness (QED) is 0.760. The van der Waals surface area contributed by atoms with Gasteiger partial charge >= 0.3 is 0 Å². The van der Waals surface area contributed by atoms with Crippen LogP contribution in [0, 0.1) is 0 Å². The van der Waals surface area contributed by atoms with Gasteiger partial charge in [0.15, 0.2) is 0 Å². The third-order valence-electron chi connectivity index (χ3n) is 3.22. The number of pyridine rings is 1. The predicted octanol–water partition coefficient (Wildman–Crippen LogP) is 1.11. The van der Waals surface area contributed by atoms with Gasteiger partial charge in [-0.15, -0.1) is 0 Å². The Hall–Kier alpha value is -1.19. The van der Waals surface area contributed by atoms with E-state index in [1.165, 1.54) is 0 Å². The summed E-state index contributed by atoms with van der Waals surface area (Å²) < 4.78 is 0. The first-order valence-corrected chi connectivity index (χ1v) is 5.09. The van der Waals surface area contributed by atoms with Crippen molar-refractivity contribution in [1.82, 2.24) is 4.98 Å². The molecule has 3 heteroatoms. The number of nitrogens with zero attached hydrogens (tertiary/aromatic N) is 1. The molecular formula is C12H15NO2. The van der Waals surface area contributed by atoms with Gasteiger partial charge in [-0.05, 0) is 30.0 Å². The Balaban J connectivity index is 2.57. The molecule has 0 saturated heterocycles. The van der Waals surface area contributed by atoms with Crippen LogP contribution in [0.25, 0.3) is 5.57 Å². The number of hydrogen-bond acceptors (Lipinski definition) is 3. The van der Waals surface area contributed by atoms with Crippen molar-refractivity contribution in [1.29, 1.82) is 0 Å². The Kier molecular flexibility index (Phi) is 2.59. The number of rotatable bonds is 2. The summed E-state index contributed by atoms with van der Waals surface area (Å²) in [5.41, 5.74) is 2.21. The molecule has 0 saturated carbocycles. The Morgan fingerprint density at radius 3 is 2.80 bits per heavy atom. The molecule has 1 aliphatic carbocycles. The minimum Gasteiger partial charge on any atom is -0.395 e. The van der Waals surface area contributed by atoms with E-state index >= 15 is 0 Å². The smallest absolute Gasteiger partial charge is 0.0695 e. The van der Waals surface area contributed by atoms with Gasteiger partial charge in [0.1, 0.15) is 0 Å². The van der Waals surface area contributed by atoms with E-state index in [1.54, 1.807) is 6.20 Å². The summed E-state index contributed by atoms with van der Waals surface area (Å²) in [6.45, 7) is 3.87. The number of hydrogen-bond donors (Lipinski definition) is 2. The molecule has 2 rings (SSSR count). The number of allylic oxidation sites excluding steroid dienone is 1. The Morgan fingerprint density at radius 2 is 2.13 bits per heavy atom. The number of aliphatic hydroxyl groups excluding tert-OH is 2. The summed E-state index contributed by atoms with van der Waals surface area (Å²) in [4.78, 5) is 4.27. The normalized spacial score (nSPS) is 18.7. The molecule has 0 amide bonds. The fourth-order valence-electron chi connectivity index (χ4n) is 2.14. The molecule has 0 bridgehead atoms. The molecule has 0 aliphatic heterocycles.